The Kier molecular flexibility index (Phi) is 21.4. The third-order valence-corrected chi connectivity index (χ3v) is 17.2. The van der Waals surface area contributed by atoms with Crippen LogP contribution in [0.2, 0.25) is 0 Å². The van der Waals surface area contributed by atoms with Gasteiger partial charge in [-0.1, -0.05) is 0 Å². The number of nitrogens with zero attached hydrogens (tertiary/aromatic N) is 13. The van der Waals surface area contributed by atoms with Crippen molar-refractivity contribution in [1.29, 1.82) is 0 Å². The van der Waals surface area contributed by atoms with Crippen molar-refractivity contribution in [2.45, 2.75) is 94.8 Å². The normalized spacial score (nSPS) is 17.6. The van der Waals surface area contributed by atoms with E-state index in [0.29, 0.717) is 86.7 Å². The Balaban J connectivity index is 0.000000166. The van der Waals surface area contributed by atoms with E-state index >= 15 is 0 Å². The number of aromatic nitrogens is 6. The fourth-order valence-electron chi connectivity index (χ4n) is 11.8. The Morgan fingerprint density at radius 1 is 0.456 bits per heavy atom. The van der Waals surface area contributed by atoms with Crippen molar-refractivity contribution in [3.8, 4) is 0 Å². The number of halogens is 9. The number of amides is 12. The smallest absolute Gasteiger partial charge is 0.366 e. The summed E-state index contributed by atoms with van der Waals surface area (Å²) >= 11 is 0. The van der Waals surface area contributed by atoms with E-state index < -0.39 is 78.4 Å². The van der Waals surface area contributed by atoms with Crippen molar-refractivity contribution in [1.82, 2.24) is 61.5 Å². The van der Waals surface area contributed by atoms with Crippen molar-refractivity contribution >= 4 is 106 Å². The number of nitrogen functional groups attached to an aromatic ring is 1. The third-order valence-electron chi connectivity index (χ3n) is 17.2. The number of hydrogen-bond donors (Lipinski definition) is 9. The number of fused-ring (bicyclic) bond motifs is 12. The average molecular weight is 1450 g/mol. The zero-order valence-electron chi connectivity index (χ0n) is 55.5. The fourth-order valence-corrected chi connectivity index (χ4v) is 11.8. The largest absolute Gasteiger partial charge is 0.408 e. The van der Waals surface area contributed by atoms with Crippen molar-refractivity contribution in [3.05, 3.63) is 125 Å². The summed E-state index contributed by atoms with van der Waals surface area (Å²) in [4.78, 5) is 149. The molecule has 0 radical (unpaired) electrons. The molecular weight excluding hydrogens is 1380 g/mol. The van der Waals surface area contributed by atoms with E-state index in [1.165, 1.54) is 99.8 Å². The van der Waals surface area contributed by atoms with Gasteiger partial charge in [0.1, 0.15) is 52.7 Å². The van der Waals surface area contributed by atoms with E-state index in [1.807, 2.05) is 36.1 Å². The maximum absolute atomic E-state index is 13.3. The summed E-state index contributed by atoms with van der Waals surface area (Å²) in [6.07, 6.45) is -7.80. The predicted octanol–water partition coefficient (Wildman–Crippen LogP) is 6.03. The highest BCUT2D eigenvalue weighted by Gasteiger charge is 2.46. The van der Waals surface area contributed by atoms with Gasteiger partial charge in [-0.2, -0.15) is 39.5 Å². The molecule has 6 aromatic rings. The molecule has 6 atom stereocenters. The quantitative estimate of drug-likeness (QED) is 0.0292. The van der Waals surface area contributed by atoms with Gasteiger partial charge < -0.3 is 40.9 Å². The Morgan fingerprint density at radius 3 is 1.05 bits per heavy atom. The van der Waals surface area contributed by atoms with Crippen LogP contribution < -0.4 is 77.9 Å². The standard InChI is InChI=1S/C22H24F3N7O3.C21H22F3N7O3.C20H21F3N8O3/c1-12(22(23,24)25)27-19(33)15-4-5-16-18(28-15)32(14-7-9-31(16)11-14)21(35)29-17-10-13(6-8-26-17)20(34)30(2)3;1-11(21(22,23)24)27-19(33)14-3-4-15-17(28-14)31(13-6-8-30(15)10-13)20(34)29-16-9-12(5-7-26-16)18(32)25-2;1-10(20(21,22)23)26-18(33)13-2-3-14-16(27-13)31(12-5-7-30(14)9-12)19(34)28-15-8-11(4-6-25-15)17(32)29-24/h4-6,8,10,12,14H,7,9,11H2,1-3H3,(H,27,33)(H,26,29,35);3-5,7,9,11,13H,6,8,10H2,1-2H3,(H,25,32)(H,27,33)(H,26,29,34);2-4,6,8,10,12H,5,7,9,24H2,1H3,(H,26,33)(H,29,32)(H,25,28,34)/t12-,14+;11-,13+;10-,12+/m111/s1. The predicted molar refractivity (Wildman–Crippen MR) is 354 cm³/mol. The summed E-state index contributed by atoms with van der Waals surface area (Å²) in [7, 11) is 4.69. The molecule has 31 nitrogen and oxygen atoms in total. The number of pyridine rings is 6. The molecule has 0 spiro atoms. The lowest BCUT2D eigenvalue weighted by Crippen LogP contribution is -2.49. The van der Waals surface area contributed by atoms with Crippen LogP contribution in [0.1, 0.15) is 103 Å². The van der Waals surface area contributed by atoms with E-state index in [9.17, 15) is 82.7 Å². The summed E-state index contributed by atoms with van der Waals surface area (Å²) in [5, 5.41) is 16.0. The molecule has 40 heteroatoms. The van der Waals surface area contributed by atoms with Crippen LogP contribution in [0.15, 0.2) is 91.4 Å². The second kappa shape index (κ2) is 29.8. The van der Waals surface area contributed by atoms with Gasteiger partial charge in [0.05, 0.1) is 35.2 Å². The minimum Gasteiger partial charge on any atom is -0.366 e. The average Bonchev–Trinajstić information content (AvgIpc) is 1.69. The number of hydrazine groups is 1. The summed E-state index contributed by atoms with van der Waals surface area (Å²) in [6.45, 7) is 6.08. The molecule has 3 saturated heterocycles. The number of anilines is 9. The number of nitrogens with one attached hydrogen (secondary N) is 8. The van der Waals surface area contributed by atoms with Crippen molar-refractivity contribution < 1.29 is 82.7 Å². The Morgan fingerprint density at radius 2 is 0.757 bits per heavy atom. The lowest BCUT2D eigenvalue weighted by atomic mass is 10.1. The summed E-state index contributed by atoms with van der Waals surface area (Å²) in [5.74, 6) is 1.81. The van der Waals surface area contributed by atoms with Gasteiger partial charge in [0.2, 0.25) is 0 Å². The lowest BCUT2D eigenvalue weighted by molar-refractivity contribution is -0.149. The van der Waals surface area contributed by atoms with Gasteiger partial charge in [-0.15, -0.1) is 0 Å². The zero-order valence-corrected chi connectivity index (χ0v) is 55.5. The summed E-state index contributed by atoms with van der Waals surface area (Å²) in [5.41, 5.74) is 3.83. The molecule has 0 unspecified atom stereocenters. The first-order valence-electron chi connectivity index (χ1n) is 31.7. The van der Waals surface area contributed by atoms with Crippen molar-refractivity contribution in [2.75, 3.05) is 106 Å². The minimum absolute atomic E-state index is 0.0842. The molecular formula is C63H67F9N22O9. The Hall–Kier alpha value is -11.7. The molecule has 0 saturated carbocycles. The molecule has 12 heterocycles. The molecule has 0 aromatic carbocycles. The summed E-state index contributed by atoms with van der Waals surface area (Å²) in [6, 6.07) is 8.59. The van der Waals surface area contributed by atoms with Crippen LogP contribution in [0.3, 0.4) is 0 Å². The Bertz CT molecular complexity index is 4130. The topological polar surface area (TPSA) is 376 Å². The monoisotopic (exact) mass is 1450 g/mol. The molecule has 0 aliphatic carbocycles. The van der Waals surface area contributed by atoms with Gasteiger partial charge in [0, 0.05) is 95.7 Å². The fraction of sp³-hybridized carbons (Fsp3) is 0.381. The third kappa shape index (κ3) is 16.5. The molecule has 6 aliphatic heterocycles. The minimum atomic E-state index is -4.61. The van der Waals surface area contributed by atoms with Gasteiger partial charge in [-0.25, -0.2) is 50.1 Å². The summed E-state index contributed by atoms with van der Waals surface area (Å²) < 4.78 is 116. The second-order valence-electron chi connectivity index (χ2n) is 24.4. The number of urea groups is 3. The van der Waals surface area contributed by atoms with Crippen LogP contribution in [0.5, 0.6) is 0 Å². The van der Waals surface area contributed by atoms with Gasteiger partial charge >= 0.3 is 36.6 Å². The van der Waals surface area contributed by atoms with Crippen LogP contribution in [-0.2, 0) is 0 Å². The van der Waals surface area contributed by atoms with Crippen LogP contribution in [0.4, 0.5) is 106 Å². The highest BCUT2D eigenvalue weighted by Crippen LogP contribution is 2.42. The van der Waals surface area contributed by atoms with Crippen LogP contribution in [-0.4, -0.2) is 204 Å². The van der Waals surface area contributed by atoms with Gasteiger partial charge in [-0.05, 0) is 113 Å². The van der Waals surface area contributed by atoms with E-state index in [-0.39, 0.29) is 87.5 Å². The first kappa shape index (κ1) is 74.0. The van der Waals surface area contributed by atoms with Gasteiger partial charge in [0.25, 0.3) is 35.4 Å². The molecule has 6 aliphatic rings. The van der Waals surface area contributed by atoms with E-state index in [0.717, 1.165) is 20.8 Å². The lowest BCUT2D eigenvalue weighted by Gasteiger charge is -2.35. The molecule has 10 N–H and O–H groups in total. The van der Waals surface area contributed by atoms with Crippen molar-refractivity contribution in [2.24, 2.45) is 5.84 Å². The number of alkyl halides is 9. The van der Waals surface area contributed by atoms with Crippen LogP contribution in [0, 0.1) is 0 Å². The molecule has 3 fully saturated rings. The number of rotatable bonds is 12. The molecule has 12 rings (SSSR count). The maximum atomic E-state index is 13.3. The zero-order chi connectivity index (χ0) is 74.7. The van der Waals surface area contributed by atoms with Gasteiger partial charge in [-0.3, -0.25) is 64.8 Å². The Labute approximate surface area is 579 Å². The van der Waals surface area contributed by atoms with Crippen LogP contribution in [0.25, 0.3) is 0 Å². The van der Waals surface area contributed by atoms with E-state index in [4.69, 9.17) is 5.84 Å². The number of nitrogens with two attached hydrogens (primary N) is 1. The molecule has 103 heavy (non-hydrogen) atoms. The van der Waals surface area contributed by atoms with E-state index in [2.05, 4.69) is 51.2 Å². The van der Waals surface area contributed by atoms with Crippen molar-refractivity contribution in [3.63, 3.8) is 0 Å². The van der Waals surface area contributed by atoms with Gasteiger partial charge in [0.15, 0.2) is 17.5 Å². The number of carbonyl (C=O) groups excluding carboxylic acids is 9. The second-order valence-corrected chi connectivity index (χ2v) is 24.4. The molecule has 12 amide bonds. The molecule has 546 valence electrons. The maximum Gasteiger partial charge on any atom is 0.408 e. The first-order chi connectivity index (χ1) is 48.6. The number of carbonyl (C=O) groups is 9. The highest BCUT2D eigenvalue weighted by molar-refractivity contribution is 6.08. The first-order valence-corrected chi connectivity index (χ1v) is 31.7. The SMILES string of the molecule is CNC(=O)c1ccnc(NC(=O)N2c3nc(C(=O)N[C@H](C)C(F)(F)F)ccc3N3CC[C@H]2C3)c1.C[C@@H](NC(=O)c1ccc2c(n1)N(C(=O)Nc1cc(C(=O)N(C)C)ccn1)[C@H]1CCN2C1)C(F)(F)F.C[C@@H](NC(=O)c1ccc2c(n1)N(C(=O)Nc1cc(C(=O)NN)ccn1)[C@H]1CCN2C1)C(F)(F)F. The van der Waals surface area contributed by atoms with E-state index in [1.54, 1.807) is 32.3 Å². The number of hydrogen-bond acceptors (Lipinski definition) is 19. The molecule has 6 bridgehead atoms. The highest BCUT2D eigenvalue weighted by atomic mass is 19.4. The molecule has 6 aromatic heterocycles. The van der Waals surface area contributed by atoms with Crippen LogP contribution >= 0.6 is 0 Å².